The molecule has 0 atom stereocenters. The van der Waals surface area contributed by atoms with E-state index in [-0.39, 0.29) is 12.5 Å². The fraction of sp³-hybridized carbons (Fsp3) is 0.333. The second-order valence-corrected chi connectivity index (χ2v) is 5.56. The average Bonchev–Trinajstić information content (AvgIpc) is 3.12. The van der Waals surface area contributed by atoms with Gasteiger partial charge < -0.3 is 14.4 Å². The molecule has 3 rings (SSSR count). The molecule has 0 aromatic heterocycles. The van der Waals surface area contributed by atoms with E-state index in [1.54, 1.807) is 17.0 Å². The monoisotopic (exact) mass is 313 g/mol. The van der Waals surface area contributed by atoms with Crippen molar-refractivity contribution in [3.05, 3.63) is 42.0 Å². The number of nitrogens with zero attached hydrogens (tertiary/aromatic N) is 1. The van der Waals surface area contributed by atoms with Crippen molar-refractivity contribution in [1.82, 2.24) is 4.90 Å². The van der Waals surface area contributed by atoms with Crippen molar-refractivity contribution in [2.45, 2.75) is 12.8 Å². The maximum absolute atomic E-state index is 12.1. The number of esters is 1. The van der Waals surface area contributed by atoms with Gasteiger partial charge in [0.15, 0.2) is 6.61 Å². The molecule has 23 heavy (non-hydrogen) atoms. The molecule has 0 bridgehead atoms. The molecule has 0 aliphatic carbocycles. The van der Waals surface area contributed by atoms with Crippen molar-refractivity contribution in [3.8, 4) is 5.75 Å². The van der Waals surface area contributed by atoms with E-state index in [9.17, 15) is 9.59 Å². The highest BCUT2D eigenvalue weighted by Crippen LogP contribution is 2.27. The molecule has 120 valence electrons. The predicted octanol–water partition coefficient (Wildman–Crippen LogP) is 2.63. The van der Waals surface area contributed by atoms with Crippen LogP contribution in [0.4, 0.5) is 0 Å². The number of likely N-dealkylation sites (tertiary alicyclic amines) is 1. The number of hydrogen-bond donors (Lipinski definition) is 0. The molecule has 1 amide bonds. The summed E-state index contributed by atoms with van der Waals surface area (Å²) in [5.74, 6) is -0.144. The van der Waals surface area contributed by atoms with Gasteiger partial charge >= 0.3 is 5.97 Å². The minimum Gasteiger partial charge on any atom is -0.483 e. The fourth-order valence-electron chi connectivity index (χ4n) is 2.81. The number of carbonyl (C=O) groups excluding carboxylic acids is 2. The van der Waals surface area contributed by atoms with Gasteiger partial charge in [0.1, 0.15) is 11.3 Å². The van der Waals surface area contributed by atoms with Crippen molar-refractivity contribution in [2.75, 3.05) is 26.8 Å². The molecule has 0 unspecified atom stereocenters. The van der Waals surface area contributed by atoms with Gasteiger partial charge in [-0.05, 0) is 35.7 Å². The number of hydrogen-bond acceptors (Lipinski definition) is 4. The Morgan fingerprint density at radius 3 is 2.39 bits per heavy atom. The van der Waals surface area contributed by atoms with Gasteiger partial charge in [-0.1, -0.05) is 24.3 Å². The Labute approximate surface area is 134 Å². The Kier molecular flexibility index (Phi) is 4.46. The van der Waals surface area contributed by atoms with Crippen LogP contribution in [-0.4, -0.2) is 43.6 Å². The number of carbonyl (C=O) groups is 2. The lowest BCUT2D eigenvalue weighted by molar-refractivity contribution is -0.132. The van der Waals surface area contributed by atoms with Crippen LogP contribution in [0.3, 0.4) is 0 Å². The Hall–Kier alpha value is -2.56. The van der Waals surface area contributed by atoms with Crippen LogP contribution in [0.25, 0.3) is 10.8 Å². The smallest absolute Gasteiger partial charge is 0.341 e. The number of rotatable bonds is 4. The van der Waals surface area contributed by atoms with Gasteiger partial charge in [-0.3, -0.25) is 4.79 Å². The van der Waals surface area contributed by atoms with Crippen molar-refractivity contribution in [2.24, 2.45) is 0 Å². The molecule has 1 aliphatic heterocycles. The number of fused-ring (bicyclic) bond motifs is 1. The van der Waals surface area contributed by atoms with Crippen LogP contribution in [0.1, 0.15) is 23.2 Å². The quantitative estimate of drug-likeness (QED) is 0.814. The number of amides is 1. The van der Waals surface area contributed by atoms with Crippen LogP contribution in [0.5, 0.6) is 5.75 Å². The zero-order valence-corrected chi connectivity index (χ0v) is 13.1. The first-order valence-electron chi connectivity index (χ1n) is 7.71. The van der Waals surface area contributed by atoms with E-state index in [0.717, 1.165) is 36.7 Å². The molecule has 2 aromatic rings. The van der Waals surface area contributed by atoms with Gasteiger partial charge in [-0.15, -0.1) is 0 Å². The molecule has 0 radical (unpaired) electrons. The summed E-state index contributed by atoms with van der Waals surface area (Å²) in [6.07, 6.45) is 2.07. The van der Waals surface area contributed by atoms with E-state index in [0.29, 0.717) is 11.3 Å². The van der Waals surface area contributed by atoms with Crippen molar-refractivity contribution >= 4 is 22.6 Å². The van der Waals surface area contributed by atoms with Gasteiger partial charge in [0, 0.05) is 13.1 Å². The van der Waals surface area contributed by atoms with Crippen LogP contribution in [-0.2, 0) is 9.53 Å². The van der Waals surface area contributed by atoms with Gasteiger partial charge in [-0.25, -0.2) is 4.79 Å². The standard InChI is InChI=1S/C18H19NO4/c1-22-18(21)15-10-13-6-2-3-7-14(13)11-16(15)23-12-17(20)19-8-4-5-9-19/h2-3,6-7,10-11H,4-5,8-9,12H2,1H3. The molecular weight excluding hydrogens is 294 g/mol. The molecule has 1 fully saturated rings. The van der Waals surface area contributed by atoms with Crippen LogP contribution in [0.2, 0.25) is 0 Å². The van der Waals surface area contributed by atoms with Gasteiger partial charge in [0.05, 0.1) is 7.11 Å². The molecule has 0 spiro atoms. The van der Waals surface area contributed by atoms with E-state index in [2.05, 4.69) is 0 Å². The molecule has 1 aliphatic rings. The first-order valence-corrected chi connectivity index (χ1v) is 7.71. The fourth-order valence-corrected chi connectivity index (χ4v) is 2.81. The number of methoxy groups -OCH3 is 1. The summed E-state index contributed by atoms with van der Waals surface area (Å²) in [4.78, 5) is 25.9. The molecule has 5 heteroatoms. The first-order chi connectivity index (χ1) is 11.2. The number of ether oxygens (including phenoxy) is 2. The summed E-state index contributed by atoms with van der Waals surface area (Å²) in [5.41, 5.74) is 0.334. The Morgan fingerprint density at radius 2 is 1.74 bits per heavy atom. The van der Waals surface area contributed by atoms with Crippen LogP contribution < -0.4 is 4.74 Å². The third kappa shape index (κ3) is 3.28. The lowest BCUT2D eigenvalue weighted by Gasteiger charge is -2.17. The summed E-state index contributed by atoms with van der Waals surface area (Å²) in [7, 11) is 1.33. The van der Waals surface area contributed by atoms with E-state index >= 15 is 0 Å². The van der Waals surface area contributed by atoms with E-state index in [1.807, 2.05) is 24.3 Å². The molecule has 0 saturated carbocycles. The number of benzene rings is 2. The maximum Gasteiger partial charge on any atom is 0.341 e. The van der Waals surface area contributed by atoms with Crippen LogP contribution in [0, 0.1) is 0 Å². The van der Waals surface area contributed by atoms with Gasteiger partial charge in [-0.2, -0.15) is 0 Å². The van der Waals surface area contributed by atoms with Gasteiger partial charge in [0.25, 0.3) is 5.91 Å². The second-order valence-electron chi connectivity index (χ2n) is 5.56. The summed E-state index contributed by atoms with van der Waals surface area (Å²) in [5, 5.41) is 1.87. The molecule has 5 nitrogen and oxygen atoms in total. The lowest BCUT2D eigenvalue weighted by atomic mass is 10.1. The van der Waals surface area contributed by atoms with E-state index in [1.165, 1.54) is 7.11 Å². The maximum atomic E-state index is 12.1. The van der Waals surface area contributed by atoms with Crippen LogP contribution in [0.15, 0.2) is 36.4 Å². The summed E-state index contributed by atoms with van der Waals surface area (Å²) >= 11 is 0. The molecule has 0 N–H and O–H groups in total. The zero-order valence-electron chi connectivity index (χ0n) is 13.1. The SMILES string of the molecule is COC(=O)c1cc2ccccc2cc1OCC(=O)N1CCCC1. The molecule has 1 heterocycles. The normalized spacial score (nSPS) is 14.0. The topological polar surface area (TPSA) is 55.8 Å². The Morgan fingerprint density at radius 1 is 1.09 bits per heavy atom. The van der Waals surface area contributed by atoms with Crippen molar-refractivity contribution in [1.29, 1.82) is 0 Å². The molecule has 1 saturated heterocycles. The highest BCUT2D eigenvalue weighted by molar-refractivity contribution is 5.98. The minimum atomic E-state index is -0.473. The summed E-state index contributed by atoms with van der Waals surface area (Å²) in [6, 6.07) is 11.2. The minimum absolute atomic E-state index is 0.0496. The third-order valence-corrected chi connectivity index (χ3v) is 4.06. The second kappa shape index (κ2) is 6.69. The Balaban J connectivity index is 1.85. The highest BCUT2D eigenvalue weighted by atomic mass is 16.5. The summed E-state index contributed by atoms with van der Waals surface area (Å²) in [6.45, 7) is 1.50. The predicted molar refractivity (Wildman–Crippen MR) is 86.6 cm³/mol. The Bertz CT molecular complexity index is 735. The molecular formula is C18H19NO4. The highest BCUT2D eigenvalue weighted by Gasteiger charge is 2.20. The van der Waals surface area contributed by atoms with Gasteiger partial charge in [0.2, 0.25) is 0 Å². The lowest BCUT2D eigenvalue weighted by Crippen LogP contribution is -2.32. The zero-order chi connectivity index (χ0) is 16.2. The third-order valence-electron chi connectivity index (χ3n) is 4.06. The van der Waals surface area contributed by atoms with Crippen molar-refractivity contribution < 1.29 is 19.1 Å². The summed E-state index contributed by atoms with van der Waals surface area (Å²) < 4.78 is 10.5. The van der Waals surface area contributed by atoms with E-state index < -0.39 is 5.97 Å². The largest absolute Gasteiger partial charge is 0.483 e. The first kappa shape index (κ1) is 15.3. The molecule has 2 aromatic carbocycles. The van der Waals surface area contributed by atoms with Crippen LogP contribution >= 0.6 is 0 Å². The van der Waals surface area contributed by atoms with Crippen molar-refractivity contribution in [3.63, 3.8) is 0 Å². The van der Waals surface area contributed by atoms with E-state index in [4.69, 9.17) is 9.47 Å². The average molecular weight is 313 g/mol.